The Hall–Kier alpha value is -0.380. The minimum atomic E-state index is 0.163. The first-order chi connectivity index (χ1) is 9.11. The molecule has 0 saturated heterocycles. The Morgan fingerprint density at radius 2 is 2.16 bits per heavy atom. The van der Waals surface area contributed by atoms with E-state index >= 15 is 0 Å². The van der Waals surface area contributed by atoms with Crippen molar-refractivity contribution in [1.29, 1.82) is 0 Å². The lowest BCUT2D eigenvalue weighted by molar-refractivity contribution is 0.107. The quantitative estimate of drug-likeness (QED) is 0.899. The van der Waals surface area contributed by atoms with Gasteiger partial charge in [0.1, 0.15) is 0 Å². The van der Waals surface area contributed by atoms with E-state index in [1.165, 1.54) is 34.9 Å². The summed E-state index contributed by atoms with van der Waals surface area (Å²) in [6.07, 6.45) is 5.90. The zero-order valence-electron chi connectivity index (χ0n) is 12.1. The van der Waals surface area contributed by atoms with Crippen molar-refractivity contribution in [3.05, 3.63) is 33.8 Å². The summed E-state index contributed by atoms with van der Waals surface area (Å²) in [6.45, 7) is 4.15. The van der Waals surface area contributed by atoms with E-state index in [-0.39, 0.29) is 5.54 Å². The largest absolute Gasteiger partial charge is 0.329 e. The maximum absolute atomic E-state index is 6.15. The van der Waals surface area contributed by atoms with Crippen LogP contribution in [0.15, 0.2) is 22.7 Å². The van der Waals surface area contributed by atoms with Gasteiger partial charge in [0.25, 0.3) is 0 Å². The maximum atomic E-state index is 6.15. The van der Waals surface area contributed by atoms with E-state index < -0.39 is 0 Å². The lowest BCUT2D eigenvalue weighted by Crippen LogP contribution is -2.55. The SMILES string of the molecule is CCCCN(C)C1(CN)CCc2cc(Br)ccc2C1. The number of hydrogen-bond acceptors (Lipinski definition) is 2. The predicted molar refractivity (Wildman–Crippen MR) is 85.5 cm³/mol. The van der Waals surface area contributed by atoms with Crippen LogP contribution in [0.1, 0.15) is 37.3 Å². The van der Waals surface area contributed by atoms with Gasteiger partial charge in [-0.3, -0.25) is 4.90 Å². The third-order valence-corrected chi connectivity index (χ3v) is 5.08. The molecule has 0 aliphatic heterocycles. The first-order valence-corrected chi connectivity index (χ1v) is 8.09. The summed E-state index contributed by atoms with van der Waals surface area (Å²) in [5, 5.41) is 0. The highest BCUT2D eigenvalue weighted by Gasteiger charge is 2.36. The third kappa shape index (κ3) is 3.21. The van der Waals surface area contributed by atoms with Gasteiger partial charge in [0.15, 0.2) is 0 Å². The average Bonchev–Trinajstić information content (AvgIpc) is 2.44. The molecule has 1 aromatic rings. The number of unbranched alkanes of at least 4 members (excludes halogenated alkanes) is 1. The summed E-state index contributed by atoms with van der Waals surface area (Å²) >= 11 is 3.56. The molecule has 1 aliphatic rings. The minimum Gasteiger partial charge on any atom is -0.329 e. The summed E-state index contributed by atoms with van der Waals surface area (Å²) in [6, 6.07) is 6.68. The molecular formula is C16H25BrN2. The Balaban J connectivity index is 2.18. The Morgan fingerprint density at radius 3 is 2.84 bits per heavy atom. The van der Waals surface area contributed by atoms with E-state index in [0.717, 1.165) is 25.9 Å². The molecule has 2 N–H and O–H groups in total. The van der Waals surface area contributed by atoms with Gasteiger partial charge in [-0.25, -0.2) is 0 Å². The zero-order chi connectivity index (χ0) is 13.9. The number of fused-ring (bicyclic) bond motifs is 1. The molecule has 2 rings (SSSR count). The molecule has 0 amide bonds. The first kappa shape index (κ1) is 15.0. The fourth-order valence-corrected chi connectivity index (χ4v) is 3.51. The number of hydrogen-bond donors (Lipinski definition) is 1. The number of likely N-dealkylation sites (N-methyl/N-ethyl adjacent to an activating group) is 1. The normalized spacial score (nSPS) is 22.6. The predicted octanol–water partition coefficient (Wildman–Crippen LogP) is 3.37. The van der Waals surface area contributed by atoms with Crippen molar-refractivity contribution in [2.24, 2.45) is 5.73 Å². The molecule has 1 atom stereocenters. The van der Waals surface area contributed by atoms with Gasteiger partial charge in [0.05, 0.1) is 0 Å². The summed E-state index contributed by atoms with van der Waals surface area (Å²) in [5.74, 6) is 0. The lowest BCUT2D eigenvalue weighted by Gasteiger charge is -2.44. The Kier molecular flexibility index (Phi) is 5.04. The molecule has 0 bridgehead atoms. The number of rotatable bonds is 5. The summed E-state index contributed by atoms with van der Waals surface area (Å²) < 4.78 is 1.19. The molecule has 1 aliphatic carbocycles. The molecule has 0 fully saturated rings. The average molecular weight is 325 g/mol. The van der Waals surface area contributed by atoms with Crippen LogP contribution in [0.2, 0.25) is 0 Å². The van der Waals surface area contributed by atoms with E-state index in [4.69, 9.17) is 5.73 Å². The number of halogens is 1. The van der Waals surface area contributed by atoms with E-state index in [0.29, 0.717) is 0 Å². The molecule has 19 heavy (non-hydrogen) atoms. The molecule has 1 aromatic carbocycles. The smallest absolute Gasteiger partial charge is 0.0372 e. The second-order valence-corrected chi connectivity index (χ2v) is 6.71. The molecule has 1 unspecified atom stereocenters. The van der Waals surface area contributed by atoms with Crippen molar-refractivity contribution < 1.29 is 0 Å². The van der Waals surface area contributed by atoms with Gasteiger partial charge in [0, 0.05) is 16.6 Å². The summed E-state index contributed by atoms with van der Waals surface area (Å²) in [5.41, 5.74) is 9.27. The van der Waals surface area contributed by atoms with Gasteiger partial charge in [0.2, 0.25) is 0 Å². The van der Waals surface area contributed by atoms with Crippen LogP contribution in [0.25, 0.3) is 0 Å². The van der Waals surface area contributed by atoms with Crippen molar-refractivity contribution in [3.8, 4) is 0 Å². The van der Waals surface area contributed by atoms with Gasteiger partial charge in [-0.1, -0.05) is 35.3 Å². The van der Waals surface area contributed by atoms with Crippen molar-refractivity contribution in [3.63, 3.8) is 0 Å². The van der Waals surface area contributed by atoms with Crippen LogP contribution >= 0.6 is 15.9 Å². The summed E-state index contributed by atoms with van der Waals surface area (Å²) in [4.78, 5) is 2.50. The van der Waals surface area contributed by atoms with E-state index in [1.54, 1.807) is 0 Å². The molecule has 0 heterocycles. The van der Waals surface area contributed by atoms with Crippen LogP contribution in [-0.2, 0) is 12.8 Å². The molecule has 2 nitrogen and oxygen atoms in total. The molecular weight excluding hydrogens is 300 g/mol. The van der Waals surface area contributed by atoms with Gasteiger partial charge < -0.3 is 5.73 Å². The van der Waals surface area contributed by atoms with Crippen LogP contribution in [0.3, 0.4) is 0 Å². The number of benzene rings is 1. The van der Waals surface area contributed by atoms with Crippen molar-refractivity contribution in [2.45, 2.75) is 44.6 Å². The Morgan fingerprint density at radius 1 is 1.37 bits per heavy atom. The fraction of sp³-hybridized carbons (Fsp3) is 0.625. The summed E-state index contributed by atoms with van der Waals surface area (Å²) in [7, 11) is 2.24. The van der Waals surface area contributed by atoms with Crippen LogP contribution in [-0.4, -0.2) is 30.6 Å². The molecule has 0 spiro atoms. The van der Waals surface area contributed by atoms with Crippen LogP contribution < -0.4 is 5.73 Å². The van der Waals surface area contributed by atoms with Crippen molar-refractivity contribution >= 4 is 15.9 Å². The maximum Gasteiger partial charge on any atom is 0.0372 e. The van der Waals surface area contributed by atoms with Crippen molar-refractivity contribution in [2.75, 3.05) is 20.1 Å². The number of nitrogens with two attached hydrogens (primary N) is 1. The fourth-order valence-electron chi connectivity index (χ4n) is 3.10. The van der Waals surface area contributed by atoms with Crippen molar-refractivity contribution in [1.82, 2.24) is 4.90 Å². The van der Waals surface area contributed by atoms with E-state index in [1.807, 2.05) is 0 Å². The van der Waals surface area contributed by atoms with E-state index in [2.05, 4.69) is 53.0 Å². The lowest BCUT2D eigenvalue weighted by atomic mass is 9.77. The standard InChI is InChI=1S/C16H25BrN2/c1-3-4-9-19(2)16(12-18)8-7-13-10-15(17)6-5-14(13)11-16/h5-6,10H,3-4,7-9,11-12,18H2,1-2H3. The second-order valence-electron chi connectivity index (χ2n) is 5.79. The first-order valence-electron chi connectivity index (χ1n) is 7.30. The Labute approximate surface area is 125 Å². The highest BCUT2D eigenvalue weighted by molar-refractivity contribution is 9.10. The van der Waals surface area contributed by atoms with Gasteiger partial charge in [-0.05, 0) is 62.5 Å². The molecule has 0 aromatic heterocycles. The second kappa shape index (κ2) is 6.38. The monoisotopic (exact) mass is 324 g/mol. The Bertz CT molecular complexity index is 433. The molecule has 0 saturated carbocycles. The van der Waals surface area contributed by atoms with Crippen LogP contribution in [0, 0.1) is 0 Å². The number of nitrogens with zero attached hydrogens (tertiary/aromatic N) is 1. The number of aryl methyl sites for hydroxylation is 1. The molecule has 3 heteroatoms. The van der Waals surface area contributed by atoms with Gasteiger partial charge >= 0.3 is 0 Å². The van der Waals surface area contributed by atoms with E-state index in [9.17, 15) is 0 Å². The van der Waals surface area contributed by atoms with Gasteiger partial charge in [-0.15, -0.1) is 0 Å². The molecule has 0 radical (unpaired) electrons. The highest BCUT2D eigenvalue weighted by atomic mass is 79.9. The van der Waals surface area contributed by atoms with Gasteiger partial charge in [-0.2, -0.15) is 0 Å². The van der Waals surface area contributed by atoms with Crippen LogP contribution in [0.4, 0.5) is 0 Å². The van der Waals surface area contributed by atoms with Crippen LogP contribution in [0.5, 0.6) is 0 Å². The highest BCUT2D eigenvalue weighted by Crippen LogP contribution is 2.33. The zero-order valence-corrected chi connectivity index (χ0v) is 13.7. The topological polar surface area (TPSA) is 29.3 Å². The molecule has 106 valence electrons. The third-order valence-electron chi connectivity index (χ3n) is 4.58. The minimum absolute atomic E-state index is 0.163.